The summed E-state index contributed by atoms with van der Waals surface area (Å²) in [6.07, 6.45) is 0. The molecule has 1 amide bonds. The summed E-state index contributed by atoms with van der Waals surface area (Å²) in [5.41, 5.74) is 10.9. The first-order valence-corrected chi connectivity index (χ1v) is 9.24. The molecule has 2 rings (SSSR count). The lowest BCUT2D eigenvalue weighted by Gasteiger charge is -2.10. The van der Waals surface area contributed by atoms with Crippen molar-refractivity contribution in [2.24, 2.45) is 15.9 Å². The molecule has 0 aliphatic carbocycles. The minimum absolute atomic E-state index is 0.0229. The van der Waals surface area contributed by atoms with Crippen LogP contribution in [0.3, 0.4) is 0 Å². The number of thiocarbonyl (C=S) groups is 1. The molecule has 6 N–H and O–H groups in total. The molecule has 0 aromatic heterocycles. The number of rotatable bonds is 4. The number of carbonyl (C=O) groups is 1. The lowest BCUT2D eigenvalue weighted by Crippen LogP contribution is -2.34. The lowest BCUT2D eigenvalue weighted by atomic mass is 10.2. The van der Waals surface area contributed by atoms with Gasteiger partial charge in [0.15, 0.2) is 5.11 Å². The van der Waals surface area contributed by atoms with Crippen LogP contribution < -0.4 is 22.1 Å². The molecule has 0 radical (unpaired) electrons. The Morgan fingerprint density at radius 3 is 2.27 bits per heavy atom. The van der Waals surface area contributed by atoms with E-state index in [1.54, 1.807) is 24.3 Å². The molecule has 2 aromatic carbocycles. The van der Waals surface area contributed by atoms with Crippen molar-refractivity contribution in [2.75, 3.05) is 5.32 Å². The van der Waals surface area contributed by atoms with Crippen molar-refractivity contribution in [2.45, 2.75) is 4.90 Å². The third kappa shape index (κ3) is 5.15. The predicted molar refractivity (Wildman–Crippen MR) is 105 cm³/mol. The minimum Gasteiger partial charge on any atom is -0.369 e. The maximum absolute atomic E-state index is 12.1. The van der Waals surface area contributed by atoms with Crippen molar-refractivity contribution in [3.63, 3.8) is 0 Å². The van der Waals surface area contributed by atoms with Crippen LogP contribution >= 0.6 is 23.8 Å². The van der Waals surface area contributed by atoms with E-state index < -0.39 is 21.9 Å². The van der Waals surface area contributed by atoms with E-state index in [0.717, 1.165) is 0 Å². The van der Waals surface area contributed by atoms with Crippen LogP contribution in [0.1, 0.15) is 10.4 Å². The molecule has 0 saturated carbocycles. The maximum atomic E-state index is 12.1. The number of halogens is 1. The monoisotopic (exact) mass is 411 g/mol. The number of nitrogens with two attached hydrogens (primary N) is 2. The molecule has 0 unspecified atom stereocenters. The van der Waals surface area contributed by atoms with E-state index in [4.69, 9.17) is 35.3 Å². The van der Waals surface area contributed by atoms with Crippen LogP contribution in [0.4, 0.5) is 5.69 Å². The molecule has 0 aliphatic rings. The molecule has 0 fully saturated rings. The van der Waals surface area contributed by atoms with Crippen LogP contribution in [0.2, 0.25) is 5.02 Å². The van der Waals surface area contributed by atoms with Gasteiger partial charge in [0, 0.05) is 5.69 Å². The summed E-state index contributed by atoms with van der Waals surface area (Å²) >= 11 is 11.0. The molecule has 0 spiro atoms. The Balaban J connectivity index is 2.05. The van der Waals surface area contributed by atoms with Crippen LogP contribution in [0, 0.1) is 0 Å². The highest BCUT2D eigenvalue weighted by atomic mass is 35.5. The second-order valence-electron chi connectivity index (χ2n) is 4.90. The Kier molecular flexibility index (Phi) is 6.14. The number of hydrogen-bond donors (Lipinski definition) is 4. The summed E-state index contributed by atoms with van der Waals surface area (Å²) in [7, 11) is -3.97. The van der Waals surface area contributed by atoms with Gasteiger partial charge in [-0.15, -0.1) is 4.40 Å². The van der Waals surface area contributed by atoms with Crippen LogP contribution in [0.25, 0.3) is 0 Å². The second kappa shape index (κ2) is 8.13. The summed E-state index contributed by atoms with van der Waals surface area (Å²) in [4.78, 5) is 12.0. The molecule has 8 nitrogen and oxygen atoms in total. The maximum Gasteiger partial charge on any atom is 0.285 e. The number of guanidine groups is 1. The second-order valence-corrected chi connectivity index (χ2v) is 7.32. The van der Waals surface area contributed by atoms with Gasteiger partial charge in [-0.1, -0.05) is 23.7 Å². The SMILES string of the molecule is NC(N)=NS(=O)(=O)c1ccc(NC(=S)NC(=O)c2ccccc2Cl)cc1. The zero-order valence-electron chi connectivity index (χ0n) is 13.1. The number of amides is 1. The Morgan fingerprint density at radius 1 is 1.08 bits per heavy atom. The number of carbonyl (C=O) groups excluding carboxylic acids is 1. The largest absolute Gasteiger partial charge is 0.369 e. The van der Waals surface area contributed by atoms with Gasteiger partial charge in [0.25, 0.3) is 15.9 Å². The van der Waals surface area contributed by atoms with Crippen molar-refractivity contribution in [3.05, 3.63) is 59.1 Å². The van der Waals surface area contributed by atoms with Gasteiger partial charge in [-0.05, 0) is 48.6 Å². The predicted octanol–water partition coefficient (Wildman–Crippen LogP) is 1.43. The molecule has 0 saturated heterocycles. The highest BCUT2D eigenvalue weighted by molar-refractivity contribution is 7.90. The summed E-state index contributed by atoms with van der Waals surface area (Å²) in [5.74, 6) is -1.03. The molecular weight excluding hydrogens is 398 g/mol. The first-order chi connectivity index (χ1) is 12.2. The summed E-state index contributed by atoms with van der Waals surface area (Å²) in [6, 6.07) is 12.0. The van der Waals surface area contributed by atoms with E-state index >= 15 is 0 Å². The number of nitrogens with one attached hydrogen (secondary N) is 2. The van der Waals surface area contributed by atoms with Crippen molar-refractivity contribution in [3.8, 4) is 0 Å². The number of hydrogen-bond acceptors (Lipinski definition) is 4. The van der Waals surface area contributed by atoms with Gasteiger partial charge >= 0.3 is 0 Å². The summed E-state index contributed by atoms with van der Waals surface area (Å²) in [5, 5.41) is 5.55. The molecular formula is C15H14ClN5O3S2. The van der Waals surface area contributed by atoms with Crippen LogP contribution in [-0.2, 0) is 10.0 Å². The first kappa shape index (κ1) is 19.6. The van der Waals surface area contributed by atoms with Crippen LogP contribution in [0.5, 0.6) is 0 Å². The average molecular weight is 412 g/mol. The van der Waals surface area contributed by atoms with E-state index in [2.05, 4.69) is 15.0 Å². The van der Waals surface area contributed by atoms with E-state index in [1.165, 1.54) is 24.3 Å². The molecule has 0 atom stereocenters. The van der Waals surface area contributed by atoms with Gasteiger partial charge < -0.3 is 16.8 Å². The van der Waals surface area contributed by atoms with Gasteiger partial charge in [0.1, 0.15) is 0 Å². The van der Waals surface area contributed by atoms with Crippen molar-refractivity contribution >= 4 is 56.5 Å². The van der Waals surface area contributed by atoms with E-state index in [9.17, 15) is 13.2 Å². The van der Waals surface area contributed by atoms with Crippen LogP contribution in [-0.4, -0.2) is 25.4 Å². The Morgan fingerprint density at radius 2 is 1.69 bits per heavy atom. The topological polar surface area (TPSA) is 140 Å². The standard InChI is InChI=1S/C15H14ClN5O3S2/c16-12-4-2-1-3-11(12)13(22)20-15(25)19-9-5-7-10(8-6-9)26(23,24)21-14(17)18/h1-8H,(H4,17,18,21)(H2,19,20,22,25). The quantitative estimate of drug-likeness (QED) is 0.339. The molecule has 11 heteroatoms. The molecule has 26 heavy (non-hydrogen) atoms. The van der Waals surface area contributed by atoms with Gasteiger partial charge in [0.2, 0.25) is 5.96 Å². The van der Waals surface area contributed by atoms with Gasteiger partial charge in [0.05, 0.1) is 15.5 Å². The zero-order valence-corrected chi connectivity index (χ0v) is 15.5. The van der Waals surface area contributed by atoms with E-state index in [-0.39, 0.29) is 15.6 Å². The van der Waals surface area contributed by atoms with Gasteiger partial charge in [-0.2, -0.15) is 8.42 Å². The zero-order chi connectivity index (χ0) is 19.3. The molecule has 0 aliphatic heterocycles. The highest BCUT2D eigenvalue weighted by Crippen LogP contribution is 2.17. The number of benzene rings is 2. The summed E-state index contributed by atoms with van der Waals surface area (Å²) in [6.45, 7) is 0. The van der Waals surface area contributed by atoms with E-state index in [1.807, 2.05) is 0 Å². The number of sulfonamides is 1. The van der Waals surface area contributed by atoms with Crippen molar-refractivity contribution in [1.29, 1.82) is 0 Å². The Labute approximate surface area is 160 Å². The average Bonchev–Trinajstić information content (AvgIpc) is 2.54. The highest BCUT2D eigenvalue weighted by Gasteiger charge is 2.14. The fourth-order valence-electron chi connectivity index (χ4n) is 1.88. The smallest absolute Gasteiger partial charge is 0.285 e. The molecule has 2 aromatic rings. The molecule has 136 valence electrons. The summed E-state index contributed by atoms with van der Waals surface area (Å²) < 4.78 is 26.9. The van der Waals surface area contributed by atoms with Gasteiger partial charge in [-0.25, -0.2) is 0 Å². The minimum atomic E-state index is -3.97. The fourth-order valence-corrected chi connectivity index (χ4v) is 3.17. The molecule has 0 heterocycles. The third-order valence-corrected chi connectivity index (χ3v) is 4.83. The van der Waals surface area contributed by atoms with Crippen molar-refractivity contribution < 1.29 is 13.2 Å². The first-order valence-electron chi connectivity index (χ1n) is 7.02. The van der Waals surface area contributed by atoms with Crippen molar-refractivity contribution in [1.82, 2.24) is 5.32 Å². The normalized spacial score (nSPS) is 10.7. The third-order valence-electron chi connectivity index (χ3n) is 2.98. The molecule has 0 bridgehead atoms. The van der Waals surface area contributed by atoms with Crippen LogP contribution in [0.15, 0.2) is 57.8 Å². The van der Waals surface area contributed by atoms with Gasteiger partial charge in [-0.3, -0.25) is 10.1 Å². The number of anilines is 1. The Hall–Kier alpha value is -2.69. The lowest BCUT2D eigenvalue weighted by molar-refractivity contribution is 0.0978. The Bertz CT molecular complexity index is 971. The fraction of sp³-hybridized carbons (Fsp3) is 0. The number of nitrogens with zero attached hydrogens (tertiary/aromatic N) is 1. The van der Waals surface area contributed by atoms with E-state index in [0.29, 0.717) is 10.7 Å².